The molecule has 0 saturated heterocycles. The molecule has 19 heavy (non-hydrogen) atoms. The number of hydrogen-bond donors (Lipinski definition) is 1. The lowest BCUT2D eigenvalue weighted by Crippen LogP contribution is -2.26. The molecule has 1 saturated carbocycles. The fourth-order valence-corrected chi connectivity index (χ4v) is 3.01. The van der Waals surface area contributed by atoms with Crippen LogP contribution in [-0.4, -0.2) is 19.8 Å². The summed E-state index contributed by atoms with van der Waals surface area (Å²) in [5.41, 5.74) is 2.72. The Kier molecular flexibility index (Phi) is 5.87. The van der Waals surface area contributed by atoms with E-state index >= 15 is 0 Å². The molecule has 2 nitrogen and oxygen atoms in total. The lowest BCUT2D eigenvalue weighted by atomic mass is 10.0. The van der Waals surface area contributed by atoms with E-state index in [-0.39, 0.29) is 0 Å². The first-order valence-electron chi connectivity index (χ1n) is 7.68. The maximum atomic E-state index is 5.98. The Labute approximate surface area is 117 Å². The first kappa shape index (κ1) is 14.5. The van der Waals surface area contributed by atoms with Crippen molar-refractivity contribution in [3.8, 4) is 0 Å². The predicted octanol–water partition coefficient (Wildman–Crippen LogP) is 3.85. The molecule has 1 atom stereocenters. The van der Waals surface area contributed by atoms with E-state index < -0.39 is 0 Å². The van der Waals surface area contributed by atoms with Gasteiger partial charge in [0.2, 0.25) is 0 Å². The number of hydrogen-bond acceptors (Lipinski definition) is 2. The molecule has 2 heteroatoms. The van der Waals surface area contributed by atoms with E-state index in [1.165, 1.54) is 36.8 Å². The van der Waals surface area contributed by atoms with Gasteiger partial charge in [0.25, 0.3) is 0 Å². The van der Waals surface area contributed by atoms with Crippen molar-refractivity contribution in [1.82, 2.24) is 5.32 Å². The summed E-state index contributed by atoms with van der Waals surface area (Å²) in [5, 5.41) is 3.54. The van der Waals surface area contributed by atoms with Crippen molar-refractivity contribution >= 4 is 0 Å². The third-order valence-electron chi connectivity index (χ3n) is 4.13. The standard InChI is InChI=1S/C17H27NO/c1-3-18-17(16-11-7-4-8-14(16)2)13-19-12-15-9-5-6-10-15/h4,7-8,11,15,17-18H,3,5-6,9-10,12-13H2,1-2H3. The van der Waals surface area contributed by atoms with Crippen LogP contribution in [0.3, 0.4) is 0 Å². The maximum absolute atomic E-state index is 5.98. The molecular formula is C17H27NO. The quantitative estimate of drug-likeness (QED) is 0.805. The van der Waals surface area contributed by atoms with Crippen molar-refractivity contribution in [3.05, 3.63) is 35.4 Å². The number of likely N-dealkylation sites (N-methyl/N-ethyl adjacent to an activating group) is 1. The lowest BCUT2D eigenvalue weighted by Gasteiger charge is -2.21. The van der Waals surface area contributed by atoms with Crippen LogP contribution in [0.4, 0.5) is 0 Å². The monoisotopic (exact) mass is 261 g/mol. The summed E-state index contributed by atoms with van der Waals surface area (Å²) < 4.78 is 5.98. The van der Waals surface area contributed by atoms with Crippen LogP contribution >= 0.6 is 0 Å². The molecule has 106 valence electrons. The van der Waals surface area contributed by atoms with Crippen LogP contribution in [0.5, 0.6) is 0 Å². The maximum Gasteiger partial charge on any atom is 0.0661 e. The number of aryl methyl sites for hydroxylation is 1. The first-order chi connectivity index (χ1) is 9.31. The van der Waals surface area contributed by atoms with Gasteiger partial charge in [0, 0.05) is 6.61 Å². The van der Waals surface area contributed by atoms with E-state index in [0.717, 1.165) is 25.7 Å². The molecule has 2 rings (SSSR count). The van der Waals surface area contributed by atoms with E-state index in [9.17, 15) is 0 Å². The zero-order chi connectivity index (χ0) is 13.5. The third-order valence-corrected chi connectivity index (χ3v) is 4.13. The number of nitrogens with one attached hydrogen (secondary N) is 1. The highest BCUT2D eigenvalue weighted by Gasteiger charge is 2.17. The topological polar surface area (TPSA) is 21.3 Å². The normalized spacial score (nSPS) is 17.8. The molecule has 0 radical (unpaired) electrons. The van der Waals surface area contributed by atoms with Gasteiger partial charge < -0.3 is 10.1 Å². The van der Waals surface area contributed by atoms with Gasteiger partial charge in [-0.25, -0.2) is 0 Å². The molecule has 1 aromatic carbocycles. The van der Waals surface area contributed by atoms with Gasteiger partial charge in [-0.3, -0.25) is 0 Å². The molecule has 1 aliphatic rings. The van der Waals surface area contributed by atoms with Crippen molar-refractivity contribution in [1.29, 1.82) is 0 Å². The summed E-state index contributed by atoms with van der Waals surface area (Å²) in [6.45, 7) is 7.04. The van der Waals surface area contributed by atoms with E-state index in [1.807, 2.05) is 0 Å². The molecule has 0 bridgehead atoms. The minimum Gasteiger partial charge on any atom is -0.379 e. The largest absolute Gasteiger partial charge is 0.379 e. The molecule has 1 aliphatic carbocycles. The molecule has 1 unspecified atom stereocenters. The number of rotatable bonds is 7. The highest BCUT2D eigenvalue weighted by atomic mass is 16.5. The highest BCUT2D eigenvalue weighted by molar-refractivity contribution is 5.28. The Morgan fingerprint density at radius 1 is 1.26 bits per heavy atom. The van der Waals surface area contributed by atoms with Gasteiger partial charge in [-0.2, -0.15) is 0 Å². The second kappa shape index (κ2) is 7.66. The van der Waals surface area contributed by atoms with E-state index in [2.05, 4.69) is 43.4 Å². The van der Waals surface area contributed by atoms with Crippen molar-refractivity contribution in [2.24, 2.45) is 5.92 Å². The summed E-state index contributed by atoms with van der Waals surface area (Å²) in [4.78, 5) is 0. The zero-order valence-electron chi connectivity index (χ0n) is 12.3. The Hall–Kier alpha value is -0.860. The molecular weight excluding hydrogens is 234 g/mol. The summed E-state index contributed by atoms with van der Waals surface area (Å²) in [5.74, 6) is 0.805. The molecule has 0 heterocycles. The van der Waals surface area contributed by atoms with Gasteiger partial charge in [-0.1, -0.05) is 44.0 Å². The summed E-state index contributed by atoms with van der Waals surface area (Å²) in [7, 11) is 0. The second-order valence-corrected chi connectivity index (χ2v) is 5.65. The van der Waals surface area contributed by atoms with Crippen molar-refractivity contribution < 1.29 is 4.74 Å². The van der Waals surface area contributed by atoms with Crippen LogP contribution in [0.2, 0.25) is 0 Å². The van der Waals surface area contributed by atoms with E-state index in [0.29, 0.717) is 6.04 Å². The fraction of sp³-hybridized carbons (Fsp3) is 0.647. The summed E-state index contributed by atoms with van der Waals surface area (Å²) in [6.07, 6.45) is 5.50. The average Bonchev–Trinajstić information content (AvgIpc) is 2.92. The Morgan fingerprint density at radius 2 is 2.00 bits per heavy atom. The van der Waals surface area contributed by atoms with Gasteiger partial charge in [0.15, 0.2) is 0 Å². The van der Waals surface area contributed by atoms with Gasteiger partial charge in [0.05, 0.1) is 12.6 Å². The molecule has 0 aliphatic heterocycles. The minimum absolute atomic E-state index is 0.326. The predicted molar refractivity (Wildman–Crippen MR) is 80.4 cm³/mol. The lowest BCUT2D eigenvalue weighted by molar-refractivity contribution is 0.0830. The SMILES string of the molecule is CCNC(COCC1CCCC1)c1ccccc1C. The van der Waals surface area contributed by atoms with Crippen LogP contribution in [0.15, 0.2) is 24.3 Å². The minimum atomic E-state index is 0.326. The van der Waals surface area contributed by atoms with Gasteiger partial charge >= 0.3 is 0 Å². The van der Waals surface area contributed by atoms with Gasteiger partial charge in [-0.15, -0.1) is 0 Å². The summed E-state index contributed by atoms with van der Waals surface area (Å²) >= 11 is 0. The molecule has 1 N–H and O–H groups in total. The second-order valence-electron chi connectivity index (χ2n) is 5.65. The molecule has 1 fully saturated rings. The van der Waals surface area contributed by atoms with Crippen LogP contribution < -0.4 is 5.32 Å². The Bertz CT molecular complexity index is 371. The number of ether oxygens (including phenoxy) is 1. The molecule has 0 spiro atoms. The third kappa shape index (κ3) is 4.32. The van der Waals surface area contributed by atoms with Crippen molar-refractivity contribution in [3.63, 3.8) is 0 Å². The highest BCUT2D eigenvalue weighted by Crippen LogP contribution is 2.25. The number of benzene rings is 1. The zero-order valence-corrected chi connectivity index (χ0v) is 12.3. The average molecular weight is 261 g/mol. The van der Waals surface area contributed by atoms with Crippen LogP contribution in [0.25, 0.3) is 0 Å². The fourth-order valence-electron chi connectivity index (χ4n) is 3.01. The Balaban J connectivity index is 1.87. The molecule has 1 aromatic rings. The molecule has 0 aromatic heterocycles. The van der Waals surface area contributed by atoms with Crippen LogP contribution in [0.1, 0.15) is 49.8 Å². The van der Waals surface area contributed by atoms with E-state index in [4.69, 9.17) is 4.74 Å². The summed E-state index contributed by atoms with van der Waals surface area (Å²) in [6, 6.07) is 8.93. The van der Waals surface area contributed by atoms with Gasteiger partial charge in [-0.05, 0) is 43.4 Å². The molecule has 0 amide bonds. The smallest absolute Gasteiger partial charge is 0.0661 e. The van der Waals surface area contributed by atoms with Crippen LogP contribution in [0, 0.1) is 12.8 Å². The van der Waals surface area contributed by atoms with Crippen LogP contribution in [-0.2, 0) is 4.74 Å². The first-order valence-corrected chi connectivity index (χ1v) is 7.68. The van der Waals surface area contributed by atoms with Crippen molar-refractivity contribution in [2.75, 3.05) is 19.8 Å². The Morgan fingerprint density at radius 3 is 2.68 bits per heavy atom. The van der Waals surface area contributed by atoms with E-state index in [1.54, 1.807) is 0 Å². The van der Waals surface area contributed by atoms with Gasteiger partial charge in [0.1, 0.15) is 0 Å². The van der Waals surface area contributed by atoms with Crippen molar-refractivity contribution in [2.45, 2.75) is 45.6 Å².